The maximum absolute atomic E-state index is 6.78. The maximum atomic E-state index is 6.78. The smallest absolute Gasteiger partial charge is 0.143 e. The zero-order valence-electron chi connectivity index (χ0n) is 28.0. The van der Waals surface area contributed by atoms with E-state index in [4.69, 9.17) is 9.40 Å². The van der Waals surface area contributed by atoms with E-state index >= 15 is 0 Å². The van der Waals surface area contributed by atoms with E-state index in [9.17, 15) is 0 Å². The molecule has 0 N–H and O–H groups in total. The molecule has 12 aromatic rings. The highest BCUT2D eigenvalue weighted by atomic mass is 16.3. The van der Waals surface area contributed by atoms with Crippen LogP contribution in [0.3, 0.4) is 0 Å². The van der Waals surface area contributed by atoms with E-state index in [2.05, 4.69) is 168 Å². The van der Waals surface area contributed by atoms with Gasteiger partial charge < -0.3 is 8.82 Å². The van der Waals surface area contributed by atoms with Gasteiger partial charge in [0.15, 0.2) is 0 Å². The minimum atomic E-state index is 0.885. The third kappa shape index (κ3) is 3.72. The summed E-state index contributed by atoms with van der Waals surface area (Å²) in [5, 5.41) is 10.8. The van der Waals surface area contributed by atoms with Crippen molar-refractivity contribution in [1.82, 2.24) is 9.38 Å². The summed E-state index contributed by atoms with van der Waals surface area (Å²) in [6, 6.07) is 61.0. The largest absolute Gasteiger partial charge is 0.455 e. The van der Waals surface area contributed by atoms with Crippen molar-refractivity contribution < 1.29 is 4.42 Å². The second kappa shape index (κ2) is 10.3. The predicted molar refractivity (Wildman–Crippen MR) is 217 cm³/mol. The van der Waals surface area contributed by atoms with Crippen LogP contribution in [-0.4, -0.2) is 9.38 Å². The van der Waals surface area contributed by atoms with Crippen LogP contribution in [0.2, 0.25) is 0 Å². The van der Waals surface area contributed by atoms with E-state index in [0.29, 0.717) is 0 Å². The van der Waals surface area contributed by atoms with Crippen molar-refractivity contribution in [3.63, 3.8) is 0 Å². The standard InChI is InChI=1S/C49H28N2O/c1-2-12-31(13-3-1)47-40-28-37(49-46(36-17-7-11-21-44(36)52-49)45(40)35-16-4-8-18-41(35)50-47)30-24-22-29(23-25-30)32-26-38-33-14-5-9-19-42(33)51-43-20-10-6-15-34(43)39(27-32)48(38)51/h1-28H. The highest BCUT2D eigenvalue weighted by Crippen LogP contribution is 2.46. The molecule has 4 heterocycles. The summed E-state index contributed by atoms with van der Waals surface area (Å²) in [5.74, 6) is 0. The normalized spacial score (nSPS) is 12.2. The first-order valence-corrected chi connectivity index (χ1v) is 17.8. The molecular formula is C49H28N2O. The number of benzene rings is 8. The first-order chi connectivity index (χ1) is 25.8. The van der Waals surface area contributed by atoms with Gasteiger partial charge in [-0.15, -0.1) is 0 Å². The highest BCUT2D eigenvalue weighted by Gasteiger charge is 2.22. The molecule has 52 heavy (non-hydrogen) atoms. The minimum absolute atomic E-state index is 0.885. The summed E-state index contributed by atoms with van der Waals surface area (Å²) in [6.07, 6.45) is 0. The number of pyridine rings is 1. The number of hydrogen-bond donors (Lipinski definition) is 0. The Hall–Kier alpha value is -6.97. The Morgan fingerprint density at radius 3 is 1.73 bits per heavy atom. The van der Waals surface area contributed by atoms with Crippen molar-refractivity contribution in [1.29, 1.82) is 0 Å². The summed E-state index contributed by atoms with van der Waals surface area (Å²) >= 11 is 0. The van der Waals surface area contributed by atoms with Crippen molar-refractivity contribution in [2.45, 2.75) is 0 Å². The fraction of sp³-hybridized carbons (Fsp3) is 0. The molecule has 0 spiro atoms. The van der Waals surface area contributed by atoms with Gasteiger partial charge in [0.2, 0.25) is 0 Å². The Kier molecular flexibility index (Phi) is 5.50. The summed E-state index contributed by atoms with van der Waals surface area (Å²) in [4.78, 5) is 5.28. The zero-order chi connectivity index (χ0) is 33.9. The van der Waals surface area contributed by atoms with Gasteiger partial charge in [-0.05, 0) is 59.2 Å². The fourth-order valence-electron chi connectivity index (χ4n) is 8.82. The van der Waals surface area contributed by atoms with Crippen LogP contribution in [0.1, 0.15) is 0 Å². The van der Waals surface area contributed by atoms with Gasteiger partial charge in [0, 0.05) is 59.6 Å². The molecule has 3 nitrogen and oxygen atoms in total. The number of aromatic nitrogens is 2. The minimum Gasteiger partial charge on any atom is -0.455 e. The van der Waals surface area contributed by atoms with Crippen LogP contribution < -0.4 is 0 Å². The summed E-state index contributed by atoms with van der Waals surface area (Å²) in [7, 11) is 0. The summed E-state index contributed by atoms with van der Waals surface area (Å²) < 4.78 is 9.22. The van der Waals surface area contributed by atoms with Crippen LogP contribution in [-0.2, 0) is 0 Å². The van der Waals surface area contributed by atoms with Crippen molar-refractivity contribution in [3.05, 3.63) is 170 Å². The van der Waals surface area contributed by atoms with Gasteiger partial charge in [0.05, 0.1) is 27.8 Å². The lowest BCUT2D eigenvalue weighted by Crippen LogP contribution is -1.92. The van der Waals surface area contributed by atoms with Crippen LogP contribution in [0.5, 0.6) is 0 Å². The third-order valence-electron chi connectivity index (χ3n) is 11.1. The van der Waals surface area contributed by atoms with Crippen LogP contribution in [0, 0.1) is 0 Å². The molecule has 0 amide bonds. The molecule has 0 saturated carbocycles. The molecule has 12 rings (SSSR count). The third-order valence-corrected chi connectivity index (χ3v) is 11.1. The topological polar surface area (TPSA) is 30.4 Å². The number of fused-ring (bicyclic) bond motifs is 13. The molecule has 0 fully saturated rings. The quantitative estimate of drug-likeness (QED) is 0.177. The predicted octanol–water partition coefficient (Wildman–Crippen LogP) is 13.4. The van der Waals surface area contributed by atoms with Gasteiger partial charge in [-0.2, -0.15) is 0 Å². The lowest BCUT2D eigenvalue weighted by Gasteiger charge is -2.14. The Labute approximate surface area is 297 Å². The van der Waals surface area contributed by atoms with Crippen LogP contribution >= 0.6 is 0 Å². The molecule has 4 aromatic heterocycles. The summed E-state index contributed by atoms with van der Waals surface area (Å²) in [5.41, 5.74) is 13.2. The Bertz CT molecular complexity index is 3300. The lowest BCUT2D eigenvalue weighted by atomic mass is 9.91. The first kappa shape index (κ1) is 27.8. The number of hydrogen-bond acceptors (Lipinski definition) is 2. The molecule has 0 aliphatic carbocycles. The Morgan fingerprint density at radius 1 is 0.404 bits per heavy atom. The Balaban J connectivity index is 1.12. The summed E-state index contributed by atoms with van der Waals surface area (Å²) in [6.45, 7) is 0. The van der Waals surface area contributed by atoms with Gasteiger partial charge in [0.1, 0.15) is 11.2 Å². The van der Waals surface area contributed by atoms with Crippen molar-refractivity contribution in [2.75, 3.05) is 0 Å². The molecular weight excluding hydrogens is 633 g/mol. The molecule has 0 bridgehead atoms. The average Bonchev–Trinajstić information content (AvgIpc) is 3.88. The van der Waals surface area contributed by atoms with Crippen molar-refractivity contribution in [2.24, 2.45) is 0 Å². The molecule has 0 atom stereocenters. The molecule has 0 aliphatic heterocycles. The second-order valence-corrected chi connectivity index (χ2v) is 13.9. The number of para-hydroxylation sites is 4. The van der Waals surface area contributed by atoms with Crippen LogP contribution in [0.15, 0.2) is 174 Å². The SMILES string of the molecule is c1ccc(-c2nc3ccccc3c3c2cc(-c2ccc(-c4cc5c6ccccc6n6c7ccccc7c(c4)c56)cc2)c2oc4ccccc4c23)cc1. The molecule has 8 aromatic carbocycles. The highest BCUT2D eigenvalue weighted by molar-refractivity contribution is 6.30. The van der Waals surface area contributed by atoms with E-state index in [1.165, 1.54) is 54.6 Å². The van der Waals surface area contributed by atoms with Gasteiger partial charge >= 0.3 is 0 Å². The molecule has 0 unspecified atom stereocenters. The molecule has 0 saturated heterocycles. The number of nitrogens with zero attached hydrogens (tertiary/aromatic N) is 2. The van der Waals surface area contributed by atoms with Crippen LogP contribution in [0.25, 0.3) is 115 Å². The van der Waals surface area contributed by atoms with Gasteiger partial charge in [-0.1, -0.05) is 127 Å². The average molecular weight is 661 g/mol. The fourth-order valence-corrected chi connectivity index (χ4v) is 8.82. The maximum Gasteiger partial charge on any atom is 0.143 e. The van der Waals surface area contributed by atoms with Gasteiger partial charge in [-0.25, -0.2) is 4.98 Å². The first-order valence-electron chi connectivity index (χ1n) is 17.8. The van der Waals surface area contributed by atoms with E-state index in [0.717, 1.165) is 60.6 Å². The van der Waals surface area contributed by atoms with E-state index < -0.39 is 0 Å². The van der Waals surface area contributed by atoms with E-state index in [-0.39, 0.29) is 0 Å². The molecule has 240 valence electrons. The van der Waals surface area contributed by atoms with E-state index in [1.54, 1.807) is 0 Å². The van der Waals surface area contributed by atoms with E-state index in [1.807, 2.05) is 6.07 Å². The monoisotopic (exact) mass is 660 g/mol. The Morgan fingerprint density at radius 2 is 1.00 bits per heavy atom. The number of rotatable bonds is 3. The van der Waals surface area contributed by atoms with Crippen LogP contribution in [0.4, 0.5) is 0 Å². The zero-order valence-corrected chi connectivity index (χ0v) is 28.0. The molecule has 3 heteroatoms. The van der Waals surface area contributed by atoms with Crippen molar-refractivity contribution >= 4 is 81.7 Å². The van der Waals surface area contributed by atoms with Gasteiger partial charge in [0.25, 0.3) is 0 Å². The lowest BCUT2D eigenvalue weighted by molar-refractivity contribution is 0.670. The second-order valence-electron chi connectivity index (χ2n) is 13.9. The number of furan rings is 1. The van der Waals surface area contributed by atoms with Gasteiger partial charge in [-0.3, -0.25) is 0 Å². The molecule has 0 radical (unpaired) electrons. The van der Waals surface area contributed by atoms with Crippen molar-refractivity contribution in [3.8, 4) is 33.5 Å². The molecule has 0 aliphatic rings.